The van der Waals surface area contributed by atoms with Crippen LogP contribution in [0, 0.1) is 0 Å². The van der Waals surface area contributed by atoms with E-state index in [1.165, 1.54) is 4.90 Å². The van der Waals surface area contributed by atoms with E-state index < -0.39 is 5.97 Å². The van der Waals surface area contributed by atoms with Crippen LogP contribution >= 0.6 is 0 Å². The Morgan fingerprint density at radius 3 is 2.24 bits per heavy atom. The molecule has 29 heavy (non-hydrogen) atoms. The molecule has 0 saturated carbocycles. The van der Waals surface area contributed by atoms with Crippen LogP contribution in [0.3, 0.4) is 0 Å². The number of nitrogens with zero attached hydrogens (tertiary/aromatic N) is 1. The molecule has 3 amide bonds. The molecular weight excluding hydrogens is 372 g/mol. The Bertz CT molecular complexity index is 919. The summed E-state index contributed by atoms with van der Waals surface area (Å²) >= 11 is 0. The van der Waals surface area contributed by atoms with E-state index in [9.17, 15) is 19.2 Å². The van der Waals surface area contributed by atoms with Crippen molar-refractivity contribution in [1.82, 2.24) is 10.2 Å². The molecule has 1 aliphatic heterocycles. The number of imide groups is 1. The normalized spacial score (nSPS) is 12.8. The number of carboxylic acids is 1. The van der Waals surface area contributed by atoms with E-state index in [1.54, 1.807) is 48.5 Å². The Morgan fingerprint density at radius 1 is 0.897 bits per heavy atom. The summed E-state index contributed by atoms with van der Waals surface area (Å²) in [7, 11) is 0. The maximum atomic E-state index is 12.5. The second-order valence-corrected chi connectivity index (χ2v) is 6.90. The Balaban J connectivity index is 1.56. The first-order valence-electron chi connectivity index (χ1n) is 9.51. The van der Waals surface area contributed by atoms with Crippen molar-refractivity contribution in [2.24, 2.45) is 0 Å². The molecule has 0 fully saturated rings. The number of benzene rings is 2. The lowest BCUT2D eigenvalue weighted by atomic mass is 10.1. The van der Waals surface area contributed by atoms with E-state index in [0.29, 0.717) is 41.6 Å². The van der Waals surface area contributed by atoms with Gasteiger partial charge in [-0.1, -0.05) is 30.7 Å². The first-order chi connectivity index (χ1) is 14.0. The van der Waals surface area contributed by atoms with Crippen molar-refractivity contribution < 1.29 is 24.3 Å². The molecule has 3 rings (SSSR count). The molecular formula is C22H22N2O5. The summed E-state index contributed by atoms with van der Waals surface area (Å²) in [5, 5.41) is 11.4. The number of nitrogens with one attached hydrogen (secondary N) is 1. The second kappa shape index (κ2) is 9.14. The monoisotopic (exact) mass is 394 g/mol. The highest BCUT2D eigenvalue weighted by molar-refractivity contribution is 6.21. The minimum Gasteiger partial charge on any atom is -0.481 e. The molecule has 2 N–H and O–H groups in total. The van der Waals surface area contributed by atoms with Crippen molar-refractivity contribution >= 4 is 23.7 Å². The van der Waals surface area contributed by atoms with Gasteiger partial charge in [0.1, 0.15) is 0 Å². The summed E-state index contributed by atoms with van der Waals surface area (Å²) in [6.45, 7) is 0.559. The van der Waals surface area contributed by atoms with Crippen LogP contribution in [0.15, 0.2) is 48.5 Å². The van der Waals surface area contributed by atoms with Gasteiger partial charge in [0.05, 0.1) is 17.7 Å². The Hall–Kier alpha value is -3.48. The molecule has 0 bridgehead atoms. The van der Waals surface area contributed by atoms with E-state index >= 15 is 0 Å². The van der Waals surface area contributed by atoms with Gasteiger partial charge < -0.3 is 10.4 Å². The van der Waals surface area contributed by atoms with Crippen LogP contribution in [0.25, 0.3) is 0 Å². The third-order valence-electron chi connectivity index (χ3n) is 4.76. The Kier molecular flexibility index (Phi) is 6.39. The summed E-state index contributed by atoms with van der Waals surface area (Å²) in [4.78, 5) is 49.0. The van der Waals surface area contributed by atoms with Crippen molar-refractivity contribution in [2.75, 3.05) is 6.54 Å². The Labute approximate surface area is 168 Å². The van der Waals surface area contributed by atoms with Gasteiger partial charge in [0.2, 0.25) is 0 Å². The van der Waals surface area contributed by atoms with Crippen molar-refractivity contribution in [1.29, 1.82) is 0 Å². The van der Waals surface area contributed by atoms with Gasteiger partial charge in [-0.2, -0.15) is 0 Å². The zero-order valence-electron chi connectivity index (χ0n) is 15.9. The number of hydrogen-bond donors (Lipinski definition) is 2. The number of amides is 3. The molecule has 0 spiro atoms. The molecule has 2 aromatic rings. The van der Waals surface area contributed by atoms with E-state index in [0.717, 1.165) is 6.42 Å². The lowest BCUT2D eigenvalue weighted by Gasteiger charge is -2.14. The van der Waals surface area contributed by atoms with Gasteiger partial charge in [0.15, 0.2) is 0 Å². The quantitative estimate of drug-likeness (QED) is 0.503. The van der Waals surface area contributed by atoms with E-state index in [-0.39, 0.29) is 30.7 Å². The summed E-state index contributed by atoms with van der Waals surface area (Å²) in [6.07, 6.45) is 2.15. The zero-order valence-corrected chi connectivity index (χ0v) is 15.9. The van der Waals surface area contributed by atoms with Gasteiger partial charge in [0.25, 0.3) is 17.7 Å². The third-order valence-corrected chi connectivity index (χ3v) is 4.76. The second-order valence-electron chi connectivity index (χ2n) is 6.90. The summed E-state index contributed by atoms with van der Waals surface area (Å²) in [6, 6.07) is 13.5. The lowest BCUT2D eigenvalue weighted by Crippen LogP contribution is -2.29. The summed E-state index contributed by atoms with van der Waals surface area (Å²) in [5.74, 6) is -1.72. The van der Waals surface area contributed by atoms with Crippen LogP contribution < -0.4 is 5.32 Å². The van der Waals surface area contributed by atoms with Gasteiger partial charge in [-0.15, -0.1) is 0 Å². The molecule has 2 aromatic carbocycles. The molecule has 0 atom stereocenters. The number of rotatable bonds is 9. The molecule has 0 unspecified atom stereocenters. The lowest BCUT2D eigenvalue weighted by molar-refractivity contribution is -0.137. The molecule has 0 radical (unpaired) electrons. The summed E-state index contributed by atoms with van der Waals surface area (Å²) in [5.41, 5.74) is 1.93. The topological polar surface area (TPSA) is 104 Å². The van der Waals surface area contributed by atoms with Crippen LogP contribution in [-0.4, -0.2) is 40.2 Å². The molecule has 1 aliphatic rings. The first-order valence-corrected chi connectivity index (χ1v) is 9.51. The number of carboxylic acid groups (broad SMARTS) is 1. The average Bonchev–Trinajstić information content (AvgIpc) is 2.95. The highest BCUT2D eigenvalue weighted by atomic mass is 16.4. The zero-order chi connectivity index (χ0) is 20.8. The largest absolute Gasteiger partial charge is 0.481 e. The number of carbonyl (C=O) groups is 4. The van der Waals surface area contributed by atoms with E-state index in [2.05, 4.69) is 5.32 Å². The van der Waals surface area contributed by atoms with Crippen molar-refractivity contribution in [3.63, 3.8) is 0 Å². The van der Waals surface area contributed by atoms with Crippen LogP contribution in [0.1, 0.15) is 62.3 Å². The Morgan fingerprint density at radius 2 is 1.59 bits per heavy atom. The van der Waals surface area contributed by atoms with Gasteiger partial charge in [-0.05, 0) is 42.7 Å². The predicted octanol–water partition coefficient (Wildman–Crippen LogP) is 2.86. The number of aliphatic carboxylic acids is 1. The fraction of sp³-hybridized carbons (Fsp3) is 0.273. The average molecular weight is 394 g/mol. The molecule has 1 heterocycles. The van der Waals surface area contributed by atoms with Crippen LogP contribution in [0.5, 0.6) is 0 Å². The van der Waals surface area contributed by atoms with E-state index in [4.69, 9.17) is 5.11 Å². The fourth-order valence-electron chi connectivity index (χ4n) is 3.26. The minimum absolute atomic E-state index is 0.0999. The van der Waals surface area contributed by atoms with Crippen molar-refractivity contribution in [3.05, 3.63) is 70.8 Å². The minimum atomic E-state index is -0.816. The smallest absolute Gasteiger partial charge is 0.303 e. The summed E-state index contributed by atoms with van der Waals surface area (Å²) < 4.78 is 0. The maximum absolute atomic E-state index is 12.5. The number of unbranched alkanes of at least 4 members (excludes halogenated alkanes) is 2. The molecule has 150 valence electrons. The maximum Gasteiger partial charge on any atom is 0.303 e. The number of hydrogen-bond acceptors (Lipinski definition) is 4. The SMILES string of the molecule is O=C(O)CCCCCNC(=O)c1cccc(CN2C(=O)c3ccccc3C2=O)c1. The molecule has 0 aromatic heterocycles. The highest BCUT2D eigenvalue weighted by Crippen LogP contribution is 2.24. The van der Waals surface area contributed by atoms with Crippen LogP contribution in [0.2, 0.25) is 0 Å². The van der Waals surface area contributed by atoms with Gasteiger partial charge in [-0.25, -0.2) is 0 Å². The third kappa shape index (κ3) is 4.87. The molecule has 7 heteroatoms. The van der Waals surface area contributed by atoms with Crippen LogP contribution in [-0.2, 0) is 11.3 Å². The number of carbonyl (C=O) groups excluding carboxylic acids is 3. The standard InChI is InChI=1S/C22H22N2O5/c25-19(26)11-2-1-5-12-23-20(27)16-8-6-7-15(13-16)14-24-21(28)17-9-3-4-10-18(17)22(24)29/h3-4,6-10,13H,1-2,5,11-12,14H2,(H,23,27)(H,25,26). The van der Waals surface area contributed by atoms with Crippen molar-refractivity contribution in [2.45, 2.75) is 32.2 Å². The highest BCUT2D eigenvalue weighted by Gasteiger charge is 2.34. The predicted molar refractivity (Wildman–Crippen MR) is 106 cm³/mol. The fourth-order valence-corrected chi connectivity index (χ4v) is 3.26. The van der Waals surface area contributed by atoms with E-state index in [1.807, 2.05) is 0 Å². The first kappa shape index (κ1) is 20.3. The molecule has 0 saturated heterocycles. The van der Waals surface area contributed by atoms with Crippen molar-refractivity contribution in [3.8, 4) is 0 Å². The van der Waals surface area contributed by atoms with Crippen LogP contribution in [0.4, 0.5) is 0 Å². The molecule has 7 nitrogen and oxygen atoms in total. The molecule has 0 aliphatic carbocycles. The number of fused-ring (bicyclic) bond motifs is 1. The van der Waals surface area contributed by atoms with Gasteiger partial charge in [-0.3, -0.25) is 24.1 Å². The van der Waals surface area contributed by atoms with Gasteiger partial charge >= 0.3 is 5.97 Å². The van der Waals surface area contributed by atoms with Gasteiger partial charge in [0, 0.05) is 18.5 Å².